The molecule has 0 bridgehead atoms. The van der Waals surface area contributed by atoms with Gasteiger partial charge in [0.2, 0.25) is 0 Å². The molecule has 12 heavy (non-hydrogen) atoms. The van der Waals surface area contributed by atoms with Gasteiger partial charge in [-0.25, -0.2) is 0 Å². The predicted molar refractivity (Wildman–Crippen MR) is 53.1 cm³/mol. The lowest BCUT2D eigenvalue weighted by atomic mass is 10.0. The Bertz CT molecular complexity index is 147. The quantitative estimate of drug-likeness (QED) is 0.556. The van der Waals surface area contributed by atoms with E-state index in [0.29, 0.717) is 6.42 Å². The minimum atomic E-state index is 0.281. The maximum atomic E-state index is 10.6. The molecule has 0 spiro atoms. The maximum Gasteiger partial charge on any atom is 0.130 e. The third-order valence-corrected chi connectivity index (χ3v) is 2.07. The number of rotatable bonds is 6. The molecule has 0 saturated carbocycles. The Morgan fingerprint density at radius 2 is 2.08 bits per heavy atom. The van der Waals surface area contributed by atoms with E-state index < -0.39 is 0 Å². The molecule has 0 aromatic rings. The van der Waals surface area contributed by atoms with Crippen molar-refractivity contribution in [2.75, 3.05) is 0 Å². The van der Waals surface area contributed by atoms with Crippen LogP contribution in [0, 0.1) is 5.92 Å². The Hall–Kier alpha value is -0.590. The largest absolute Gasteiger partial charge is 0.300 e. The zero-order valence-electron chi connectivity index (χ0n) is 8.47. The summed E-state index contributed by atoms with van der Waals surface area (Å²) in [6.45, 7) is 6.09. The number of allylic oxidation sites excluding steroid dienone is 2. The number of Topliss-reactive ketones (excluding diaryl/α,β-unsaturated/α-hetero) is 1. The summed E-state index contributed by atoms with van der Waals surface area (Å²) in [6.07, 6.45) is 8.29. The number of hydrogen-bond donors (Lipinski definition) is 0. The SMILES string of the molecule is CCC(C)C/C=C/CCC(C)=O. The molecule has 1 nitrogen and oxygen atoms in total. The molecule has 0 aliphatic heterocycles. The van der Waals surface area contributed by atoms with Crippen LogP contribution in [0.2, 0.25) is 0 Å². The zero-order valence-corrected chi connectivity index (χ0v) is 8.47. The molecule has 0 saturated heterocycles. The van der Waals surface area contributed by atoms with Gasteiger partial charge in [-0.2, -0.15) is 0 Å². The van der Waals surface area contributed by atoms with Crippen molar-refractivity contribution in [1.82, 2.24) is 0 Å². The van der Waals surface area contributed by atoms with Crippen LogP contribution in [0.4, 0.5) is 0 Å². The van der Waals surface area contributed by atoms with Gasteiger partial charge in [-0.15, -0.1) is 0 Å². The summed E-state index contributed by atoms with van der Waals surface area (Å²) in [7, 11) is 0. The van der Waals surface area contributed by atoms with Gasteiger partial charge in [0.05, 0.1) is 0 Å². The van der Waals surface area contributed by atoms with E-state index in [4.69, 9.17) is 0 Å². The van der Waals surface area contributed by atoms with Crippen molar-refractivity contribution < 1.29 is 4.79 Å². The molecule has 0 radical (unpaired) electrons. The topological polar surface area (TPSA) is 17.1 Å². The lowest BCUT2D eigenvalue weighted by molar-refractivity contribution is -0.116. The molecule has 0 heterocycles. The van der Waals surface area contributed by atoms with Gasteiger partial charge in [0.25, 0.3) is 0 Å². The maximum absolute atomic E-state index is 10.6. The summed E-state index contributed by atoms with van der Waals surface area (Å²) in [5.41, 5.74) is 0. The van der Waals surface area contributed by atoms with Crippen molar-refractivity contribution in [3.63, 3.8) is 0 Å². The summed E-state index contributed by atoms with van der Waals surface area (Å²) in [5, 5.41) is 0. The van der Waals surface area contributed by atoms with Crippen LogP contribution in [-0.2, 0) is 4.79 Å². The fraction of sp³-hybridized carbons (Fsp3) is 0.727. The second kappa shape index (κ2) is 7.08. The third-order valence-electron chi connectivity index (χ3n) is 2.07. The van der Waals surface area contributed by atoms with Crippen molar-refractivity contribution in [2.45, 2.75) is 46.5 Å². The number of ketones is 1. The fourth-order valence-corrected chi connectivity index (χ4v) is 0.900. The van der Waals surface area contributed by atoms with Crippen LogP contribution < -0.4 is 0 Å². The predicted octanol–water partition coefficient (Wildman–Crippen LogP) is 3.35. The number of carbonyl (C=O) groups excluding carboxylic acids is 1. The fourth-order valence-electron chi connectivity index (χ4n) is 0.900. The Morgan fingerprint density at radius 3 is 2.58 bits per heavy atom. The molecule has 0 N–H and O–H groups in total. The van der Waals surface area contributed by atoms with Crippen LogP contribution in [0.5, 0.6) is 0 Å². The van der Waals surface area contributed by atoms with Crippen molar-refractivity contribution in [1.29, 1.82) is 0 Å². The molecule has 0 aliphatic carbocycles. The van der Waals surface area contributed by atoms with E-state index in [2.05, 4.69) is 26.0 Å². The molecule has 0 amide bonds. The highest BCUT2D eigenvalue weighted by molar-refractivity contribution is 5.75. The van der Waals surface area contributed by atoms with E-state index in [1.807, 2.05) is 0 Å². The highest BCUT2D eigenvalue weighted by Gasteiger charge is 1.93. The average Bonchev–Trinajstić information content (AvgIpc) is 2.03. The summed E-state index contributed by atoms with van der Waals surface area (Å²) in [5.74, 6) is 1.06. The minimum Gasteiger partial charge on any atom is -0.300 e. The molecular formula is C11H20O. The molecule has 0 rings (SSSR count). The number of hydrogen-bond acceptors (Lipinski definition) is 1. The summed E-state index contributed by atoms with van der Waals surface area (Å²) >= 11 is 0. The summed E-state index contributed by atoms with van der Waals surface area (Å²) < 4.78 is 0. The van der Waals surface area contributed by atoms with Crippen molar-refractivity contribution >= 4 is 5.78 Å². The molecule has 0 aromatic heterocycles. The molecule has 70 valence electrons. The van der Waals surface area contributed by atoms with Crippen LogP contribution >= 0.6 is 0 Å². The van der Waals surface area contributed by atoms with Crippen molar-refractivity contribution in [3.05, 3.63) is 12.2 Å². The second-order valence-corrected chi connectivity index (χ2v) is 3.46. The van der Waals surface area contributed by atoms with E-state index in [1.54, 1.807) is 6.92 Å². The Balaban J connectivity index is 3.31. The molecule has 0 aromatic carbocycles. The van der Waals surface area contributed by atoms with Crippen LogP contribution in [0.25, 0.3) is 0 Å². The average molecular weight is 168 g/mol. The van der Waals surface area contributed by atoms with Gasteiger partial charge >= 0.3 is 0 Å². The van der Waals surface area contributed by atoms with Gasteiger partial charge in [0, 0.05) is 6.42 Å². The van der Waals surface area contributed by atoms with Gasteiger partial charge in [0.15, 0.2) is 0 Å². The summed E-state index contributed by atoms with van der Waals surface area (Å²) in [6, 6.07) is 0. The van der Waals surface area contributed by atoms with Gasteiger partial charge in [-0.05, 0) is 25.7 Å². The molecular weight excluding hydrogens is 148 g/mol. The third kappa shape index (κ3) is 7.52. The van der Waals surface area contributed by atoms with Gasteiger partial charge in [0.1, 0.15) is 5.78 Å². The first kappa shape index (κ1) is 11.4. The van der Waals surface area contributed by atoms with Gasteiger partial charge < -0.3 is 4.79 Å². The number of carbonyl (C=O) groups is 1. The van der Waals surface area contributed by atoms with Gasteiger partial charge in [-0.1, -0.05) is 32.4 Å². The first-order valence-corrected chi connectivity index (χ1v) is 4.81. The van der Waals surface area contributed by atoms with Crippen LogP contribution in [0.1, 0.15) is 46.5 Å². The van der Waals surface area contributed by atoms with E-state index in [1.165, 1.54) is 6.42 Å². The van der Waals surface area contributed by atoms with E-state index in [-0.39, 0.29) is 5.78 Å². The lowest BCUT2D eigenvalue weighted by Crippen LogP contribution is -1.89. The Labute approximate surface area is 75.9 Å². The van der Waals surface area contributed by atoms with Crippen molar-refractivity contribution in [2.24, 2.45) is 5.92 Å². The van der Waals surface area contributed by atoms with Crippen LogP contribution in [0.3, 0.4) is 0 Å². The molecule has 1 heteroatoms. The second-order valence-electron chi connectivity index (χ2n) is 3.46. The monoisotopic (exact) mass is 168 g/mol. The molecule has 1 unspecified atom stereocenters. The Kier molecular flexibility index (Phi) is 6.73. The van der Waals surface area contributed by atoms with E-state index in [9.17, 15) is 4.79 Å². The highest BCUT2D eigenvalue weighted by atomic mass is 16.1. The van der Waals surface area contributed by atoms with Gasteiger partial charge in [-0.3, -0.25) is 0 Å². The van der Waals surface area contributed by atoms with E-state index >= 15 is 0 Å². The van der Waals surface area contributed by atoms with Crippen molar-refractivity contribution in [3.8, 4) is 0 Å². The van der Waals surface area contributed by atoms with Crippen LogP contribution in [-0.4, -0.2) is 5.78 Å². The van der Waals surface area contributed by atoms with E-state index in [0.717, 1.165) is 18.8 Å². The van der Waals surface area contributed by atoms with Crippen LogP contribution in [0.15, 0.2) is 12.2 Å². The molecule has 0 fully saturated rings. The highest BCUT2D eigenvalue weighted by Crippen LogP contribution is 2.07. The lowest BCUT2D eigenvalue weighted by Gasteiger charge is -2.01. The zero-order chi connectivity index (χ0) is 9.40. The first-order chi connectivity index (χ1) is 5.66. The Morgan fingerprint density at radius 1 is 1.42 bits per heavy atom. The standard InChI is InChI=1S/C11H20O/c1-4-10(2)8-6-5-7-9-11(3)12/h5-6,10H,4,7-9H2,1-3H3/b6-5+. The smallest absolute Gasteiger partial charge is 0.130 e. The molecule has 0 aliphatic rings. The first-order valence-electron chi connectivity index (χ1n) is 4.81. The molecule has 1 atom stereocenters. The minimum absolute atomic E-state index is 0.281. The normalized spacial score (nSPS) is 13.6. The summed E-state index contributed by atoms with van der Waals surface area (Å²) in [4.78, 5) is 10.6.